The molecule has 0 rings (SSSR count). The van der Waals surface area contributed by atoms with E-state index < -0.39 is 0 Å². The molecule has 40 valence electrons. The fourth-order valence-electron chi connectivity index (χ4n) is 0.118. The minimum absolute atomic E-state index is 0. The van der Waals surface area contributed by atoms with E-state index in [1.807, 2.05) is 0 Å². The van der Waals surface area contributed by atoms with Crippen LogP contribution in [0, 0.1) is 0 Å². The molecule has 0 unspecified atom stereocenters. The van der Waals surface area contributed by atoms with Crippen LogP contribution >= 0.6 is 0 Å². The molecule has 0 N–H and O–H groups in total. The van der Waals surface area contributed by atoms with E-state index in [0.29, 0.717) is 6.79 Å². The Labute approximate surface area is 58.9 Å². The zero-order valence-corrected chi connectivity index (χ0v) is 7.20. The van der Waals surface area contributed by atoms with Gasteiger partial charge in [-0.05, 0) is 0 Å². The summed E-state index contributed by atoms with van der Waals surface area (Å²) in [5.41, 5.74) is 0. The summed E-state index contributed by atoms with van der Waals surface area (Å²) in [5.74, 6) is 0. The maximum atomic E-state index is 4.47. The average Bonchev–Trinajstić information content (AvgIpc) is 1.41. The van der Waals surface area contributed by atoms with Crippen LogP contribution in [0.2, 0.25) is 0 Å². The topological polar surface area (TPSA) is 18.5 Å². The van der Waals surface area contributed by atoms with Gasteiger partial charge in [-0.25, -0.2) is 0 Å². The summed E-state index contributed by atoms with van der Waals surface area (Å²) < 4.78 is 8.94. The van der Waals surface area contributed by atoms with Crippen LogP contribution in [0.1, 0.15) is 0 Å². The summed E-state index contributed by atoms with van der Waals surface area (Å²) in [6, 6.07) is 0. The van der Waals surface area contributed by atoms with Crippen molar-refractivity contribution in [3.8, 4) is 0 Å². The quantitative estimate of drug-likeness (QED) is 0.378. The van der Waals surface area contributed by atoms with Crippen molar-refractivity contribution in [3.05, 3.63) is 0 Å². The molecule has 0 fully saturated rings. The van der Waals surface area contributed by atoms with Crippen molar-refractivity contribution in [1.29, 1.82) is 0 Å². The predicted molar refractivity (Wildman–Crippen MR) is 28.8 cm³/mol. The van der Waals surface area contributed by atoms with Gasteiger partial charge >= 0.3 is 0 Å². The van der Waals surface area contributed by atoms with E-state index in [-0.39, 0.29) is 27.9 Å². The summed E-state index contributed by atoms with van der Waals surface area (Å²) in [6.45, 7) is 0.389. The van der Waals surface area contributed by atoms with Crippen LogP contribution in [0.3, 0.4) is 0 Å². The van der Waals surface area contributed by atoms with Gasteiger partial charge in [0.2, 0.25) is 0 Å². The maximum absolute atomic E-state index is 4.47. The number of hydrogen-bond acceptors (Lipinski definition) is 2. The van der Waals surface area contributed by atoms with Crippen molar-refractivity contribution in [2.45, 2.75) is 0 Å². The predicted octanol–water partition coefficient (Wildman–Crippen LogP) is -0.950. The molecule has 0 aromatic heterocycles. The van der Waals surface area contributed by atoms with Crippen molar-refractivity contribution in [2.24, 2.45) is 0 Å². The molecule has 0 aliphatic heterocycles. The molecule has 0 amide bonds. The van der Waals surface area contributed by atoms with E-state index in [0.717, 1.165) is 0 Å². The number of rotatable bonds is 2. The third-order valence-corrected chi connectivity index (χ3v) is 0.236. The van der Waals surface area contributed by atoms with Gasteiger partial charge in [-0.1, -0.05) is 0 Å². The maximum Gasteiger partial charge on any atom is 0.145 e. The Hall–Kier alpha value is 0.608. The molecule has 0 radical (unpaired) electrons. The molecule has 0 spiro atoms. The largest absolute Gasteiger partial charge is 0.359 e. The Bertz CT molecular complexity index is 20.4. The minimum Gasteiger partial charge on any atom is -0.359 e. The van der Waals surface area contributed by atoms with Crippen molar-refractivity contribution < 1.29 is 29.0 Å². The minimum atomic E-state index is 0. The van der Waals surface area contributed by atoms with Gasteiger partial charge in [0.1, 0.15) is 6.79 Å². The second kappa shape index (κ2) is 16.0. The zero-order valence-electron chi connectivity index (χ0n) is 4.23. The van der Waals surface area contributed by atoms with Crippen LogP contribution in [0.15, 0.2) is 0 Å². The van der Waals surface area contributed by atoms with Crippen molar-refractivity contribution >= 4 is 8.41 Å². The molecular weight excluding hydrogens is 144 g/mol. The summed E-state index contributed by atoms with van der Waals surface area (Å²) in [6.07, 6.45) is 0. The van der Waals surface area contributed by atoms with Crippen molar-refractivity contribution in [2.75, 3.05) is 21.0 Å². The summed E-state index contributed by atoms with van der Waals surface area (Å²) in [4.78, 5) is 0. The third kappa shape index (κ3) is 20.6. The Morgan fingerprint density at radius 2 is 1.43 bits per heavy atom. The van der Waals surface area contributed by atoms with Crippen molar-refractivity contribution in [3.63, 3.8) is 0 Å². The molecule has 0 atom stereocenters. The first-order chi connectivity index (χ1) is 2.41. The second-order valence-corrected chi connectivity index (χ2v) is 0.695. The average molecular weight is 155 g/mol. The number of methoxy groups -OCH3 is 2. The van der Waals surface area contributed by atoms with E-state index in [4.69, 9.17) is 0 Å². The molecule has 4 heteroatoms. The molecule has 0 aromatic carbocycles. The van der Waals surface area contributed by atoms with Gasteiger partial charge < -0.3 is 9.47 Å². The molecule has 0 aliphatic rings. The van der Waals surface area contributed by atoms with Crippen LogP contribution in [-0.4, -0.2) is 29.4 Å². The summed E-state index contributed by atoms with van der Waals surface area (Å²) >= 11 is 0. The van der Waals surface area contributed by atoms with E-state index in [1.54, 1.807) is 14.2 Å². The van der Waals surface area contributed by atoms with E-state index >= 15 is 0 Å². The molecular formula is C3H11BO2Zn. The Balaban J connectivity index is -0.0000000800. The van der Waals surface area contributed by atoms with Gasteiger partial charge in [-0.2, -0.15) is 0 Å². The monoisotopic (exact) mass is 154 g/mol. The zero-order chi connectivity index (χ0) is 4.12. The summed E-state index contributed by atoms with van der Waals surface area (Å²) in [7, 11) is 3.17. The van der Waals surface area contributed by atoms with E-state index in [2.05, 4.69) is 9.47 Å². The molecule has 0 aromatic rings. The SMILES string of the molecule is B.COCOC.[Zn]. The Morgan fingerprint density at radius 3 is 1.43 bits per heavy atom. The first-order valence-electron chi connectivity index (χ1n) is 1.39. The van der Waals surface area contributed by atoms with Crippen LogP contribution in [0.25, 0.3) is 0 Å². The second-order valence-electron chi connectivity index (χ2n) is 0.695. The molecule has 0 saturated carbocycles. The van der Waals surface area contributed by atoms with Gasteiger partial charge in [0, 0.05) is 33.7 Å². The number of hydrogen-bond donors (Lipinski definition) is 0. The Kier molecular flexibility index (Phi) is 35.7. The van der Waals surface area contributed by atoms with Gasteiger partial charge in [0.05, 0.1) is 8.41 Å². The van der Waals surface area contributed by atoms with Crippen molar-refractivity contribution in [1.82, 2.24) is 0 Å². The molecule has 0 heterocycles. The van der Waals surface area contributed by atoms with E-state index in [1.165, 1.54) is 0 Å². The molecule has 0 bridgehead atoms. The van der Waals surface area contributed by atoms with Crippen LogP contribution in [0.4, 0.5) is 0 Å². The molecule has 7 heavy (non-hydrogen) atoms. The smallest absolute Gasteiger partial charge is 0.145 e. The fourth-order valence-corrected chi connectivity index (χ4v) is 0.118. The van der Waals surface area contributed by atoms with Crippen LogP contribution in [0.5, 0.6) is 0 Å². The van der Waals surface area contributed by atoms with Crippen LogP contribution < -0.4 is 0 Å². The van der Waals surface area contributed by atoms with E-state index in [9.17, 15) is 0 Å². The standard InChI is InChI=1S/C3H8O2.BH3.Zn/c1-4-3-5-2;;/h3H2,1-2H3;1H3;. The summed E-state index contributed by atoms with van der Waals surface area (Å²) in [5, 5.41) is 0. The van der Waals surface area contributed by atoms with Gasteiger partial charge in [-0.3, -0.25) is 0 Å². The molecule has 0 saturated heterocycles. The normalized spacial score (nSPS) is 6.00. The Morgan fingerprint density at radius 1 is 1.14 bits per heavy atom. The van der Waals surface area contributed by atoms with Gasteiger partial charge in [-0.15, -0.1) is 0 Å². The number of ether oxygens (including phenoxy) is 2. The molecule has 0 aliphatic carbocycles. The third-order valence-electron chi connectivity index (χ3n) is 0.236. The fraction of sp³-hybridized carbons (Fsp3) is 1.00. The van der Waals surface area contributed by atoms with Gasteiger partial charge in [0.15, 0.2) is 0 Å². The first-order valence-corrected chi connectivity index (χ1v) is 1.39. The first kappa shape index (κ1) is 15.6. The van der Waals surface area contributed by atoms with Crippen LogP contribution in [-0.2, 0) is 29.0 Å². The van der Waals surface area contributed by atoms with Gasteiger partial charge in [0.25, 0.3) is 0 Å². The molecule has 2 nitrogen and oxygen atoms in total.